The predicted octanol–water partition coefficient (Wildman–Crippen LogP) is 3.03. The minimum Gasteiger partial charge on any atom is -0.367 e. The maximum atomic E-state index is 13.0. The van der Waals surface area contributed by atoms with E-state index in [1.807, 2.05) is 0 Å². The number of rotatable bonds is 9. The van der Waals surface area contributed by atoms with Crippen LogP contribution in [0.3, 0.4) is 0 Å². The van der Waals surface area contributed by atoms with Gasteiger partial charge in [0.15, 0.2) is 6.17 Å². The number of unbranched alkanes of at least 4 members (excludes halogenated alkanes) is 3. The van der Waals surface area contributed by atoms with E-state index in [9.17, 15) is 14.0 Å². The van der Waals surface area contributed by atoms with Crippen LogP contribution in [0.5, 0.6) is 0 Å². The second-order valence-electron chi connectivity index (χ2n) is 8.65. The van der Waals surface area contributed by atoms with Gasteiger partial charge in [0.1, 0.15) is 0 Å². The molecule has 4 aliphatic carbocycles. The molecule has 25 heavy (non-hydrogen) atoms. The van der Waals surface area contributed by atoms with Crippen molar-refractivity contribution in [3.8, 4) is 0 Å². The van der Waals surface area contributed by atoms with Crippen LogP contribution in [0.15, 0.2) is 0 Å². The SMILES string of the molecule is NC(=O)C(F)CCCCCCNC(=O)NC12CC3CC(CC(C3)C1)C2. The monoisotopic (exact) mass is 353 g/mol. The molecule has 0 spiro atoms. The van der Waals surface area contributed by atoms with Gasteiger partial charge in [-0.15, -0.1) is 0 Å². The Hall–Kier alpha value is -1.33. The van der Waals surface area contributed by atoms with Crippen LogP contribution in [0, 0.1) is 17.8 Å². The van der Waals surface area contributed by atoms with Crippen LogP contribution in [-0.4, -0.2) is 30.2 Å². The lowest BCUT2D eigenvalue weighted by atomic mass is 9.53. The average Bonchev–Trinajstić information content (AvgIpc) is 2.51. The number of nitrogens with one attached hydrogen (secondary N) is 2. The van der Waals surface area contributed by atoms with E-state index in [4.69, 9.17) is 5.73 Å². The summed E-state index contributed by atoms with van der Waals surface area (Å²) in [6.07, 6.45) is 9.60. The van der Waals surface area contributed by atoms with Crippen molar-refractivity contribution in [2.45, 2.75) is 82.3 Å². The van der Waals surface area contributed by atoms with Gasteiger partial charge >= 0.3 is 6.03 Å². The van der Waals surface area contributed by atoms with Gasteiger partial charge in [0.05, 0.1) is 0 Å². The summed E-state index contributed by atoms with van der Waals surface area (Å²) in [5, 5.41) is 6.28. The zero-order valence-corrected chi connectivity index (χ0v) is 15.1. The molecule has 4 rings (SSSR count). The van der Waals surface area contributed by atoms with Crippen LogP contribution in [-0.2, 0) is 4.79 Å². The van der Waals surface area contributed by atoms with Crippen molar-refractivity contribution in [3.63, 3.8) is 0 Å². The highest BCUT2D eigenvalue weighted by Crippen LogP contribution is 2.55. The second-order valence-corrected chi connectivity index (χ2v) is 8.65. The number of halogens is 1. The van der Waals surface area contributed by atoms with Crippen molar-refractivity contribution in [2.24, 2.45) is 23.5 Å². The van der Waals surface area contributed by atoms with Gasteiger partial charge in [-0.25, -0.2) is 9.18 Å². The molecule has 4 aliphatic rings. The molecule has 0 radical (unpaired) electrons. The molecule has 1 atom stereocenters. The number of amides is 3. The number of nitrogens with two attached hydrogens (primary N) is 1. The zero-order chi connectivity index (χ0) is 17.9. The first-order valence-corrected chi connectivity index (χ1v) is 9.95. The molecule has 4 bridgehead atoms. The van der Waals surface area contributed by atoms with Gasteiger partial charge in [0.2, 0.25) is 0 Å². The molecule has 0 aromatic carbocycles. The zero-order valence-electron chi connectivity index (χ0n) is 15.1. The maximum Gasteiger partial charge on any atom is 0.315 e. The largest absolute Gasteiger partial charge is 0.367 e. The summed E-state index contributed by atoms with van der Waals surface area (Å²) in [6.45, 7) is 0.646. The Morgan fingerprint density at radius 1 is 1.00 bits per heavy atom. The molecule has 0 saturated heterocycles. The highest BCUT2D eigenvalue weighted by Gasteiger charge is 2.51. The molecule has 6 heteroatoms. The molecule has 4 N–H and O–H groups in total. The minimum atomic E-state index is -1.52. The third-order valence-electron chi connectivity index (χ3n) is 6.40. The Balaban J connectivity index is 1.27. The van der Waals surface area contributed by atoms with Crippen molar-refractivity contribution < 1.29 is 14.0 Å². The molecule has 0 heterocycles. The average molecular weight is 353 g/mol. The molecule has 3 amide bonds. The molecule has 1 unspecified atom stereocenters. The van der Waals surface area contributed by atoms with Crippen LogP contribution >= 0.6 is 0 Å². The van der Waals surface area contributed by atoms with Gasteiger partial charge in [-0.2, -0.15) is 0 Å². The van der Waals surface area contributed by atoms with E-state index in [0.29, 0.717) is 13.0 Å². The van der Waals surface area contributed by atoms with Gasteiger partial charge in [0.25, 0.3) is 5.91 Å². The fraction of sp³-hybridized carbons (Fsp3) is 0.895. The van der Waals surface area contributed by atoms with E-state index in [1.165, 1.54) is 19.3 Å². The second kappa shape index (κ2) is 7.92. The molecule has 142 valence electrons. The molecular formula is C19H32FN3O2. The van der Waals surface area contributed by atoms with Crippen molar-refractivity contribution in [2.75, 3.05) is 6.54 Å². The van der Waals surface area contributed by atoms with Crippen molar-refractivity contribution in [3.05, 3.63) is 0 Å². The summed E-state index contributed by atoms with van der Waals surface area (Å²) < 4.78 is 13.0. The van der Waals surface area contributed by atoms with Crippen LogP contribution in [0.1, 0.15) is 70.6 Å². The highest BCUT2D eigenvalue weighted by molar-refractivity contribution is 5.78. The number of alkyl halides is 1. The molecular weight excluding hydrogens is 321 g/mol. The van der Waals surface area contributed by atoms with Crippen molar-refractivity contribution >= 4 is 11.9 Å². The van der Waals surface area contributed by atoms with Gasteiger partial charge in [-0.3, -0.25) is 4.79 Å². The summed E-state index contributed by atoms with van der Waals surface area (Å²) in [5.41, 5.74) is 4.95. The standard InChI is InChI=1S/C19H32FN3O2/c20-16(17(21)24)5-3-1-2-4-6-22-18(25)23-19-10-13-7-14(11-19)9-15(8-13)12-19/h13-16H,1-12H2,(H2,21,24)(H2,22,23,25). The predicted molar refractivity (Wildman–Crippen MR) is 94.6 cm³/mol. The Kier molecular flexibility index (Phi) is 5.85. The number of hydrogen-bond donors (Lipinski definition) is 3. The molecule has 0 aromatic rings. The molecule has 4 saturated carbocycles. The molecule has 0 aliphatic heterocycles. The van der Waals surface area contributed by atoms with E-state index in [1.54, 1.807) is 0 Å². The van der Waals surface area contributed by atoms with E-state index in [0.717, 1.165) is 56.3 Å². The van der Waals surface area contributed by atoms with Crippen LogP contribution in [0.25, 0.3) is 0 Å². The summed E-state index contributed by atoms with van der Waals surface area (Å²) in [4.78, 5) is 22.9. The van der Waals surface area contributed by atoms with Gasteiger partial charge in [0, 0.05) is 12.1 Å². The first kappa shape index (κ1) is 18.5. The first-order chi connectivity index (χ1) is 12.0. The Morgan fingerprint density at radius 2 is 1.56 bits per heavy atom. The van der Waals surface area contributed by atoms with Crippen molar-refractivity contribution in [1.29, 1.82) is 0 Å². The highest BCUT2D eigenvalue weighted by atomic mass is 19.1. The smallest absolute Gasteiger partial charge is 0.315 e. The van der Waals surface area contributed by atoms with E-state index in [-0.39, 0.29) is 18.0 Å². The Labute approximate surface area is 149 Å². The van der Waals surface area contributed by atoms with Crippen molar-refractivity contribution in [1.82, 2.24) is 10.6 Å². The van der Waals surface area contributed by atoms with Gasteiger partial charge in [-0.05, 0) is 69.1 Å². The summed E-state index contributed by atoms with van der Waals surface area (Å²) in [5.74, 6) is 1.60. The summed E-state index contributed by atoms with van der Waals surface area (Å²) >= 11 is 0. The van der Waals surface area contributed by atoms with Gasteiger partial charge < -0.3 is 16.4 Å². The van der Waals surface area contributed by atoms with E-state index >= 15 is 0 Å². The Morgan fingerprint density at radius 3 is 2.12 bits per heavy atom. The fourth-order valence-corrected chi connectivity index (χ4v) is 5.70. The quantitative estimate of drug-likeness (QED) is 0.557. The fourth-order valence-electron chi connectivity index (χ4n) is 5.70. The maximum absolute atomic E-state index is 13.0. The lowest BCUT2D eigenvalue weighted by molar-refractivity contribution is -0.122. The molecule has 5 nitrogen and oxygen atoms in total. The number of urea groups is 1. The molecule has 0 aromatic heterocycles. The number of primary amides is 1. The summed E-state index contributed by atoms with van der Waals surface area (Å²) in [6, 6.07) is -0.0282. The van der Waals surface area contributed by atoms with E-state index in [2.05, 4.69) is 10.6 Å². The van der Waals surface area contributed by atoms with Crippen LogP contribution in [0.4, 0.5) is 9.18 Å². The lowest BCUT2D eigenvalue weighted by Crippen LogP contribution is -2.61. The normalized spacial score (nSPS) is 33.9. The number of hydrogen-bond acceptors (Lipinski definition) is 2. The molecule has 4 fully saturated rings. The Bertz CT molecular complexity index is 462. The third-order valence-corrected chi connectivity index (χ3v) is 6.40. The van der Waals surface area contributed by atoms with E-state index < -0.39 is 12.1 Å². The summed E-state index contributed by atoms with van der Waals surface area (Å²) in [7, 11) is 0. The van der Waals surface area contributed by atoms with Crippen LogP contribution in [0.2, 0.25) is 0 Å². The minimum absolute atomic E-state index is 0.0282. The van der Waals surface area contributed by atoms with Gasteiger partial charge in [-0.1, -0.05) is 19.3 Å². The lowest BCUT2D eigenvalue weighted by Gasteiger charge is -2.56. The number of carbonyl (C=O) groups excluding carboxylic acids is 2. The number of carbonyl (C=O) groups is 2. The van der Waals surface area contributed by atoms with Crippen LogP contribution < -0.4 is 16.4 Å². The third kappa shape index (κ3) is 4.85. The first-order valence-electron chi connectivity index (χ1n) is 9.95. The topological polar surface area (TPSA) is 84.2 Å².